The Labute approximate surface area is 360 Å². The van der Waals surface area contributed by atoms with Crippen LogP contribution in [0, 0.1) is 0 Å². The fourth-order valence-corrected chi connectivity index (χ4v) is 10.0. The van der Waals surface area contributed by atoms with E-state index in [1.165, 1.54) is 53.6 Å². The Kier molecular flexibility index (Phi) is 9.66. The van der Waals surface area contributed by atoms with Crippen molar-refractivity contribution in [2.45, 2.75) is 18.4 Å². The molecule has 3 atom stereocenters. The normalized spacial score (nSPS) is 17.5. The summed E-state index contributed by atoms with van der Waals surface area (Å²) in [5.41, 5.74) is 14.9. The zero-order valence-electron chi connectivity index (χ0n) is 33.4. The highest BCUT2D eigenvalue weighted by Gasteiger charge is 2.25. The second-order valence-corrected chi connectivity index (χ2v) is 16.7. The molecule has 61 heavy (non-hydrogen) atoms. The number of thiophene rings is 1. The van der Waals surface area contributed by atoms with Crippen molar-refractivity contribution in [3.63, 3.8) is 0 Å². The lowest BCUT2D eigenvalue weighted by atomic mass is 9.90. The van der Waals surface area contributed by atoms with E-state index in [1.54, 1.807) is 0 Å². The molecule has 3 heterocycles. The maximum atomic E-state index is 5.20. The standard InChI is InChI=1S/C56H42N4S/c1-5-16-38(17-6-1)48-35-50(59-55(57-48)41-20-9-3-10-21-41)40-30-28-37(29-31-40)45-32-33-47-46-26-13-14-27-52(46)61-54(47)53(45)44-25-15-24-43(34-44)51-36-49(39-18-7-2-8-19-39)58-56(60-51)42-22-11-4-12-23-42/h1-36,48,55-57,59-60H. The molecule has 2 aliphatic heterocycles. The molecule has 8 aromatic carbocycles. The van der Waals surface area contributed by atoms with Crippen LogP contribution in [0.2, 0.25) is 0 Å². The number of benzene rings is 8. The number of hydrogen-bond donors (Lipinski definition) is 3. The quantitative estimate of drug-likeness (QED) is 0.143. The van der Waals surface area contributed by atoms with E-state index in [1.807, 2.05) is 11.3 Å². The lowest BCUT2D eigenvalue weighted by molar-refractivity contribution is 0.442. The molecule has 4 nitrogen and oxygen atoms in total. The number of fused-ring (bicyclic) bond motifs is 3. The number of allylic oxidation sites excluding steroid dienone is 1. The minimum atomic E-state index is -0.212. The van der Waals surface area contributed by atoms with Gasteiger partial charge in [0, 0.05) is 37.1 Å². The van der Waals surface area contributed by atoms with Gasteiger partial charge in [-0.25, -0.2) is 0 Å². The highest BCUT2D eigenvalue weighted by atomic mass is 32.1. The molecule has 11 rings (SSSR count). The Balaban J connectivity index is 1.01. The summed E-state index contributed by atoms with van der Waals surface area (Å²) >= 11 is 1.88. The largest absolute Gasteiger partial charge is 0.366 e. The number of nitrogens with one attached hydrogen (secondary N) is 3. The van der Waals surface area contributed by atoms with Gasteiger partial charge >= 0.3 is 0 Å². The lowest BCUT2D eigenvalue weighted by Crippen LogP contribution is -2.39. The summed E-state index contributed by atoms with van der Waals surface area (Å²) < 4.78 is 2.58. The van der Waals surface area contributed by atoms with E-state index in [9.17, 15) is 0 Å². The third kappa shape index (κ3) is 7.25. The average Bonchev–Trinajstić information content (AvgIpc) is 3.73. The number of rotatable bonds is 8. The van der Waals surface area contributed by atoms with E-state index in [2.05, 4.69) is 234 Å². The molecule has 0 spiro atoms. The maximum Gasteiger partial charge on any atom is 0.145 e. The van der Waals surface area contributed by atoms with Crippen molar-refractivity contribution in [2.75, 3.05) is 0 Å². The zero-order valence-corrected chi connectivity index (χ0v) is 34.2. The first-order chi connectivity index (χ1) is 30.2. The molecule has 0 aliphatic carbocycles. The molecule has 2 aliphatic rings. The molecular formula is C56H42N4S. The van der Waals surface area contributed by atoms with Crippen LogP contribution in [0.3, 0.4) is 0 Å². The van der Waals surface area contributed by atoms with Crippen LogP contribution < -0.4 is 16.0 Å². The Morgan fingerprint density at radius 3 is 1.82 bits per heavy atom. The minimum Gasteiger partial charge on any atom is -0.366 e. The molecule has 0 bridgehead atoms. The van der Waals surface area contributed by atoms with E-state index < -0.39 is 0 Å². The SMILES string of the molecule is C1=C(c2cccc(-c3c(-c4ccc(C5=CC(c6ccccc6)NC(c6ccccc6)N5)cc4)ccc4c3sc3ccccc34)c2)NC(c2ccccc2)N=C1c1ccccc1. The van der Waals surface area contributed by atoms with E-state index >= 15 is 0 Å². The molecule has 3 unspecified atom stereocenters. The van der Waals surface area contributed by atoms with Crippen molar-refractivity contribution in [1.29, 1.82) is 0 Å². The van der Waals surface area contributed by atoms with E-state index in [-0.39, 0.29) is 18.4 Å². The van der Waals surface area contributed by atoms with Crippen LogP contribution in [0.15, 0.2) is 223 Å². The topological polar surface area (TPSA) is 48.4 Å². The summed E-state index contributed by atoms with van der Waals surface area (Å²) in [7, 11) is 0. The van der Waals surface area contributed by atoms with Crippen molar-refractivity contribution < 1.29 is 0 Å². The van der Waals surface area contributed by atoms with Gasteiger partial charge in [0.2, 0.25) is 0 Å². The molecule has 3 N–H and O–H groups in total. The Morgan fingerprint density at radius 1 is 0.443 bits per heavy atom. The van der Waals surface area contributed by atoms with Gasteiger partial charge in [-0.3, -0.25) is 10.3 Å². The number of aliphatic imine (C=N–C) groups is 1. The van der Waals surface area contributed by atoms with E-state index in [0.29, 0.717) is 0 Å². The highest BCUT2D eigenvalue weighted by molar-refractivity contribution is 7.26. The predicted octanol–water partition coefficient (Wildman–Crippen LogP) is 13.5. The van der Waals surface area contributed by atoms with Crippen LogP contribution >= 0.6 is 11.3 Å². The third-order valence-corrected chi connectivity index (χ3v) is 13.0. The molecule has 0 amide bonds. The van der Waals surface area contributed by atoms with E-state index in [4.69, 9.17) is 4.99 Å². The van der Waals surface area contributed by atoms with Crippen LogP contribution in [-0.2, 0) is 0 Å². The summed E-state index contributed by atoms with van der Waals surface area (Å²) in [4.78, 5) is 5.20. The van der Waals surface area contributed by atoms with Gasteiger partial charge in [-0.2, -0.15) is 0 Å². The average molecular weight is 803 g/mol. The molecule has 292 valence electrons. The minimum absolute atomic E-state index is 0.0351. The summed E-state index contributed by atoms with van der Waals surface area (Å²) in [6, 6.07) is 73.9. The summed E-state index contributed by atoms with van der Waals surface area (Å²) in [6.07, 6.45) is 4.26. The molecule has 0 fully saturated rings. The third-order valence-electron chi connectivity index (χ3n) is 11.8. The molecule has 5 heteroatoms. The fraction of sp³-hybridized carbons (Fsp3) is 0.0536. The van der Waals surface area contributed by atoms with Gasteiger partial charge in [0.15, 0.2) is 0 Å². The Hall–Kier alpha value is -7.31. The smallest absolute Gasteiger partial charge is 0.145 e. The number of nitrogens with zero attached hydrogens (tertiary/aromatic N) is 1. The molecular weight excluding hydrogens is 761 g/mol. The summed E-state index contributed by atoms with van der Waals surface area (Å²) in [5.74, 6) is 0. The van der Waals surface area contributed by atoms with Crippen molar-refractivity contribution in [2.24, 2.45) is 4.99 Å². The first-order valence-corrected chi connectivity index (χ1v) is 21.7. The monoisotopic (exact) mass is 802 g/mol. The maximum absolute atomic E-state index is 5.20. The molecule has 0 saturated heterocycles. The lowest BCUT2D eigenvalue weighted by Gasteiger charge is -2.33. The second kappa shape index (κ2) is 16.0. The first-order valence-electron chi connectivity index (χ1n) is 20.9. The first kappa shape index (κ1) is 36.7. The Bertz CT molecular complexity index is 3100. The van der Waals surface area contributed by atoms with Crippen LogP contribution in [0.4, 0.5) is 0 Å². The molecule has 1 aromatic heterocycles. The summed E-state index contributed by atoms with van der Waals surface area (Å²) in [5, 5.41) is 14.0. The zero-order chi connectivity index (χ0) is 40.5. The Morgan fingerprint density at radius 2 is 1.07 bits per heavy atom. The van der Waals surface area contributed by atoms with Gasteiger partial charge in [0.1, 0.15) is 12.3 Å². The molecule has 0 radical (unpaired) electrons. The van der Waals surface area contributed by atoms with Crippen LogP contribution in [0.5, 0.6) is 0 Å². The van der Waals surface area contributed by atoms with Gasteiger partial charge in [-0.15, -0.1) is 11.3 Å². The summed E-state index contributed by atoms with van der Waals surface area (Å²) in [6.45, 7) is 0. The van der Waals surface area contributed by atoms with E-state index in [0.717, 1.165) is 39.4 Å². The van der Waals surface area contributed by atoms with Gasteiger partial charge in [0.05, 0.1) is 11.8 Å². The predicted molar refractivity (Wildman–Crippen MR) is 256 cm³/mol. The van der Waals surface area contributed by atoms with Gasteiger partial charge < -0.3 is 10.6 Å². The van der Waals surface area contributed by atoms with Crippen LogP contribution in [0.25, 0.3) is 53.8 Å². The van der Waals surface area contributed by atoms with Crippen LogP contribution in [0.1, 0.15) is 51.8 Å². The molecule has 9 aromatic rings. The van der Waals surface area contributed by atoms with Gasteiger partial charge in [-0.1, -0.05) is 194 Å². The van der Waals surface area contributed by atoms with Gasteiger partial charge in [0.25, 0.3) is 0 Å². The van der Waals surface area contributed by atoms with Crippen molar-refractivity contribution in [3.05, 3.63) is 252 Å². The van der Waals surface area contributed by atoms with Crippen molar-refractivity contribution in [1.82, 2.24) is 16.0 Å². The second-order valence-electron chi connectivity index (χ2n) is 15.6. The number of hydrogen-bond acceptors (Lipinski definition) is 5. The fourth-order valence-electron chi connectivity index (χ4n) is 8.75. The highest BCUT2D eigenvalue weighted by Crippen LogP contribution is 2.45. The van der Waals surface area contributed by atoms with Crippen LogP contribution in [-0.4, -0.2) is 5.71 Å². The van der Waals surface area contributed by atoms with Gasteiger partial charge in [-0.05, 0) is 74.4 Å². The molecule has 0 saturated carbocycles. The van der Waals surface area contributed by atoms with Crippen molar-refractivity contribution >= 4 is 48.6 Å². The van der Waals surface area contributed by atoms with Crippen molar-refractivity contribution in [3.8, 4) is 22.3 Å².